The number of nitrogens with zero attached hydrogens (tertiary/aromatic N) is 1. The maximum absolute atomic E-state index is 13.0. The third-order valence-electron chi connectivity index (χ3n) is 4.34. The molecule has 1 saturated carbocycles. The number of aliphatic hydroxyl groups excluding tert-OH is 1. The van der Waals surface area contributed by atoms with Crippen molar-refractivity contribution in [1.29, 1.82) is 0 Å². The van der Waals surface area contributed by atoms with Crippen molar-refractivity contribution in [2.45, 2.75) is 56.6 Å². The van der Waals surface area contributed by atoms with E-state index in [1.165, 1.54) is 10.4 Å². The van der Waals surface area contributed by atoms with E-state index in [9.17, 15) is 13.5 Å². The van der Waals surface area contributed by atoms with E-state index < -0.39 is 16.1 Å². The lowest BCUT2D eigenvalue weighted by molar-refractivity contribution is 0.130. The second kappa shape index (κ2) is 6.98. The van der Waals surface area contributed by atoms with E-state index in [1.807, 2.05) is 0 Å². The van der Waals surface area contributed by atoms with E-state index in [1.54, 1.807) is 25.1 Å². The molecule has 1 atom stereocenters. The van der Waals surface area contributed by atoms with Gasteiger partial charge in [0.05, 0.1) is 11.8 Å². The van der Waals surface area contributed by atoms with Gasteiger partial charge in [0.15, 0.2) is 0 Å². The van der Waals surface area contributed by atoms with Crippen molar-refractivity contribution in [2.24, 2.45) is 5.92 Å². The first kappa shape index (κ1) is 17.2. The van der Waals surface area contributed by atoms with Crippen LogP contribution in [0.3, 0.4) is 0 Å². The van der Waals surface area contributed by atoms with Gasteiger partial charge >= 0.3 is 0 Å². The molecule has 1 aliphatic rings. The Morgan fingerprint density at radius 2 is 1.86 bits per heavy atom. The molecule has 1 aromatic carbocycles. The number of benzene rings is 1. The molecule has 124 valence electrons. The number of hydrogen-bond donors (Lipinski definition) is 2. The van der Waals surface area contributed by atoms with Gasteiger partial charge in [0.25, 0.3) is 0 Å². The van der Waals surface area contributed by atoms with Gasteiger partial charge in [-0.2, -0.15) is 4.31 Å². The van der Waals surface area contributed by atoms with Gasteiger partial charge in [-0.15, -0.1) is 0 Å². The Bertz CT molecular complexity index is 593. The molecular weight excluding hydrogens is 300 g/mol. The molecule has 1 unspecified atom stereocenters. The van der Waals surface area contributed by atoms with E-state index in [4.69, 9.17) is 5.73 Å². The summed E-state index contributed by atoms with van der Waals surface area (Å²) in [5, 5.41) is 9.75. The molecule has 0 radical (unpaired) electrons. The number of sulfonamides is 1. The minimum atomic E-state index is -3.70. The number of rotatable bonds is 5. The molecule has 0 amide bonds. The number of nitrogen functional groups attached to an aromatic ring is 1. The molecule has 1 fully saturated rings. The smallest absolute Gasteiger partial charge is 0.245 e. The van der Waals surface area contributed by atoms with Crippen LogP contribution in [0.15, 0.2) is 29.2 Å². The molecule has 2 rings (SSSR count). The number of para-hydroxylation sites is 1. The van der Waals surface area contributed by atoms with E-state index >= 15 is 0 Å². The fraction of sp³-hybridized carbons (Fsp3) is 0.625. The van der Waals surface area contributed by atoms with Crippen LogP contribution in [0.5, 0.6) is 0 Å². The van der Waals surface area contributed by atoms with Gasteiger partial charge in [-0.25, -0.2) is 8.42 Å². The van der Waals surface area contributed by atoms with E-state index in [2.05, 4.69) is 6.92 Å². The molecule has 0 aromatic heterocycles. The average Bonchev–Trinajstić information content (AvgIpc) is 2.46. The zero-order chi connectivity index (χ0) is 16.3. The Morgan fingerprint density at radius 3 is 2.41 bits per heavy atom. The molecule has 0 spiro atoms. The van der Waals surface area contributed by atoms with Crippen LogP contribution in [0.2, 0.25) is 0 Å². The minimum Gasteiger partial charge on any atom is -0.398 e. The summed E-state index contributed by atoms with van der Waals surface area (Å²) in [5.41, 5.74) is 6.11. The lowest BCUT2D eigenvalue weighted by Crippen LogP contribution is -2.45. The maximum Gasteiger partial charge on any atom is 0.245 e. The van der Waals surface area contributed by atoms with Gasteiger partial charge < -0.3 is 10.8 Å². The molecule has 5 nitrogen and oxygen atoms in total. The monoisotopic (exact) mass is 326 g/mol. The van der Waals surface area contributed by atoms with Crippen molar-refractivity contribution in [1.82, 2.24) is 4.31 Å². The van der Waals surface area contributed by atoms with Crippen molar-refractivity contribution in [3.63, 3.8) is 0 Å². The highest BCUT2D eigenvalue weighted by molar-refractivity contribution is 7.89. The summed E-state index contributed by atoms with van der Waals surface area (Å²) in [6.45, 7) is 3.91. The molecule has 1 aliphatic carbocycles. The van der Waals surface area contributed by atoms with Gasteiger partial charge in [0.1, 0.15) is 4.90 Å². The SMILES string of the molecule is CC(O)CN(C1CCC(C)CC1)S(=O)(=O)c1ccccc1N. The van der Waals surface area contributed by atoms with Crippen LogP contribution in [0.1, 0.15) is 39.5 Å². The molecule has 0 heterocycles. The first-order valence-corrected chi connectivity index (χ1v) is 9.30. The summed E-state index contributed by atoms with van der Waals surface area (Å²) >= 11 is 0. The Labute approximate surface area is 133 Å². The number of hydrogen-bond acceptors (Lipinski definition) is 4. The molecule has 0 aliphatic heterocycles. The predicted octanol–water partition coefficient (Wildman–Crippen LogP) is 2.22. The van der Waals surface area contributed by atoms with Crippen LogP contribution < -0.4 is 5.73 Å². The molecule has 22 heavy (non-hydrogen) atoms. The average molecular weight is 326 g/mol. The fourth-order valence-electron chi connectivity index (χ4n) is 3.08. The lowest BCUT2D eigenvalue weighted by Gasteiger charge is -2.36. The summed E-state index contributed by atoms with van der Waals surface area (Å²) in [4.78, 5) is 0.134. The third-order valence-corrected chi connectivity index (χ3v) is 6.33. The maximum atomic E-state index is 13.0. The van der Waals surface area contributed by atoms with Crippen molar-refractivity contribution in [3.05, 3.63) is 24.3 Å². The Morgan fingerprint density at radius 1 is 1.27 bits per heavy atom. The topological polar surface area (TPSA) is 83.6 Å². The lowest BCUT2D eigenvalue weighted by atomic mass is 9.87. The van der Waals surface area contributed by atoms with Crippen LogP contribution in [0.4, 0.5) is 5.69 Å². The Kier molecular flexibility index (Phi) is 5.47. The van der Waals surface area contributed by atoms with Crippen molar-refractivity contribution >= 4 is 15.7 Å². The van der Waals surface area contributed by atoms with Gasteiger partial charge in [-0.3, -0.25) is 0 Å². The summed E-state index contributed by atoms with van der Waals surface area (Å²) < 4.78 is 27.5. The predicted molar refractivity (Wildman–Crippen MR) is 87.8 cm³/mol. The zero-order valence-electron chi connectivity index (χ0n) is 13.3. The fourth-order valence-corrected chi connectivity index (χ4v) is 4.96. The number of aliphatic hydroxyl groups is 1. The van der Waals surface area contributed by atoms with E-state index in [0.29, 0.717) is 5.92 Å². The Balaban J connectivity index is 2.34. The third kappa shape index (κ3) is 3.80. The van der Waals surface area contributed by atoms with Crippen LogP contribution in [-0.4, -0.2) is 36.5 Å². The highest BCUT2D eigenvalue weighted by Crippen LogP contribution is 2.32. The number of nitrogens with two attached hydrogens (primary N) is 1. The molecule has 1 aromatic rings. The van der Waals surface area contributed by atoms with Gasteiger partial charge in [0, 0.05) is 12.6 Å². The first-order chi connectivity index (χ1) is 10.3. The van der Waals surface area contributed by atoms with Gasteiger partial charge in [-0.1, -0.05) is 19.1 Å². The number of anilines is 1. The van der Waals surface area contributed by atoms with Gasteiger partial charge in [-0.05, 0) is 50.7 Å². The summed E-state index contributed by atoms with van der Waals surface area (Å²) in [7, 11) is -3.70. The van der Waals surface area contributed by atoms with Crippen LogP contribution in [0.25, 0.3) is 0 Å². The first-order valence-electron chi connectivity index (χ1n) is 7.86. The molecule has 0 bridgehead atoms. The zero-order valence-corrected chi connectivity index (χ0v) is 14.1. The largest absolute Gasteiger partial charge is 0.398 e. The standard InChI is InChI=1S/C16H26N2O3S/c1-12-7-9-14(10-8-12)18(11-13(2)19)22(20,21)16-6-4-3-5-15(16)17/h3-6,12-14,19H,7-11,17H2,1-2H3. The molecular formula is C16H26N2O3S. The quantitative estimate of drug-likeness (QED) is 0.813. The van der Waals surface area contributed by atoms with Crippen LogP contribution in [0, 0.1) is 5.92 Å². The van der Waals surface area contributed by atoms with Crippen LogP contribution >= 0.6 is 0 Å². The summed E-state index contributed by atoms with van der Waals surface area (Å²) in [6.07, 6.45) is 2.99. The highest BCUT2D eigenvalue weighted by atomic mass is 32.2. The van der Waals surface area contributed by atoms with Crippen LogP contribution in [-0.2, 0) is 10.0 Å². The normalized spacial score (nSPS) is 24.4. The molecule has 6 heteroatoms. The second-order valence-electron chi connectivity index (χ2n) is 6.38. The summed E-state index contributed by atoms with van der Waals surface area (Å²) in [5.74, 6) is 0.633. The van der Waals surface area contributed by atoms with Crippen molar-refractivity contribution < 1.29 is 13.5 Å². The molecule has 0 saturated heterocycles. The van der Waals surface area contributed by atoms with Gasteiger partial charge in [0.2, 0.25) is 10.0 Å². The second-order valence-corrected chi connectivity index (χ2v) is 8.23. The van der Waals surface area contributed by atoms with Crippen molar-refractivity contribution in [2.75, 3.05) is 12.3 Å². The molecule has 3 N–H and O–H groups in total. The highest BCUT2D eigenvalue weighted by Gasteiger charge is 2.35. The minimum absolute atomic E-state index is 0.0598. The summed E-state index contributed by atoms with van der Waals surface area (Å²) in [6, 6.07) is 6.46. The Hall–Kier alpha value is -1.11. The van der Waals surface area contributed by atoms with E-state index in [-0.39, 0.29) is 23.2 Å². The van der Waals surface area contributed by atoms with E-state index in [0.717, 1.165) is 25.7 Å². The van der Waals surface area contributed by atoms with Crippen molar-refractivity contribution in [3.8, 4) is 0 Å².